The second kappa shape index (κ2) is 8.33. The Balaban J connectivity index is 1.35. The van der Waals surface area contributed by atoms with Crippen molar-refractivity contribution in [1.82, 2.24) is 0 Å². The van der Waals surface area contributed by atoms with Gasteiger partial charge in [-0.05, 0) is 66.1 Å². The van der Waals surface area contributed by atoms with Gasteiger partial charge < -0.3 is 9.47 Å². The van der Waals surface area contributed by atoms with E-state index in [-0.39, 0.29) is 0 Å². The monoisotopic (exact) mass is 518 g/mol. The molecule has 2 aliphatic rings. The maximum absolute atomic E-state index is 6.56. The fourth-order valence-electron chi connectivity index (χ4n) is 5.00. The van der Waals surface area contributed by atoms with Gasteiger partial charge in [0.25, 0.3) is 0 Å². The Labute approximate surface area is 215 Å². The summed E-state index contributed by atoms with van der Waals surface area (Å²) in [5.41, 5.74) is 5.32. The Bertz CT molecular complexity index is 1500. The lowest BCUT2D eigenvalue weighted by Gasteiger charge is -2.39. The number of rotatable bonds is 3. The van der Waals surface area contributed by atoms with E-state index in [4.69, 9.17) is 9.47 Å². The van der Waals surface area contributed by atoms with Gasteiger partial charge in [0.15, 0.2) is 0 Å². The van der Waals surface area contributed by atoms with E-state index in [9.17, 15) is 0 Å². The van der Waals surface area contributed by atoms with Crippen LogP contribution in [0.4, 0.5) is 0 Å². The first-order chi connectivity index (χ1) is 16.7. The van der Waals surface area contributed by atoms with Crippen LogP contribution >= 0.6 is 45.8 Å². The lowest BCUT2D eigenvalue weighted by atomic mass is 9.97. The van der Waals surface area contributed by atoms with Crippen LogP contribution in [0.3, 0.4) is 0 Å². The van der Waals surface area contributed by atoms with Crippen molar-refractivity contribution in [2.24, 2.45) is 0 Å². The third-order valence-corrected chi connectivity index (χ3v) is 11.0. The number of ether oxygens (including phenoxy) is 2. The molecule has 2 nitrogen and oxygen atoms in total. The molecule has 0 amide bonds. The van der Waals surface area contributed by atoms with Crippen molar-refractivity contribution in [2.75, 3.05) is 19.5 Å². The summed E-state index contributed by atoms with van der Waals surface area (Å²) in [6.07, 6.45) is 3.98. The second-order valence-corrected chi connectivity index (χ2v) is 12.5. The van der Waals surface area contributed by atoms with Crippen LogP contribution in [0.1, 0.15) is 20.9 Å². The summed E-state index contributed by atoms with van der Waals surface area (Å²) >= 11 is 7.28. The van der Waals surface area contributed by atoms with Crippen molar-refractivity contribution in [3.63, 3.8) is 0 Å². The largest absolute Gasteiger partial charge is 0.341 e. The Kier molecular flexibility index (Phi) is 5.23. The number of hydrogen-bond acceptors (Lipinski definition) is 6. The standard InChI is InChI=1S/C28H22O2S4/c1-31-20-8-6-17(7-9-20)24-14-18-10-12-29-28(26(18)33-24)27-19(11-13-30-28)15-25(34-27)22-16-32-23-5-3-2-4-21(22)23/h2-9,14-16H,10-13H2,1H3. The Hall–Kier alpha value is -1.93. The molecule has 5 heterocycles. The molecule has 34 heavy (non-hydrogen) atoms. The third-order valence-electron chi connectivity index (χ3n) is 6.69. The van der Waals surface area contributed by atoms with Crippen LogP contribution in [-0.2, 0) is 28.1 Å². The summed E-state index contributed by atoms with van der Waals surface area (Å²) in [5, 5.41) is 3.63. The molecule has 0 fully saturated rings. The van der Waals surface area contributed by atoms with Gasteiger partial charge in [0, 0.05) is 35.7 Å². The van der Waals surface area contributed by atoms with E-state index in [0.29, 0.717) is 13.2 Å². The molecule has 2 aromatic carbocycles. The molecular weight excluding hydrogens is 497 g/mol. The first kappa shape index (κ1) is 21.4. The summed E-state index contributed by atoms with van der Waals surface area (Å²) in [4.78, 5) is 6.35. The fraction of sp³-hybridized carbons (Fsp3) is 0.214. The highest BCUT2D eigenvalue weighted by atomic mass is 32.2. The van der Waals surface area contributed by atoms with Gasteiger partial charge in [-0.2, -0.15) is 0 Å². The van der Waals surface area contributed by atoms with Gasteiger partial charge in [0.05, 0.1) is 23.0 Å². The summed E-state index contributed by atoms with van der Waals surface area (Å²) in [6, 6.07) is 22.3. The number of thioether (sulfide) groups is 1. The highest BCUT2D eigenvalue weighted by molar-refractivity contribution is 7.98. The Morgan fingerprint density at radius 1 is 0.824 bits per heavy atom. The van der Waals surface area contributed by atoms with Gasteiger partial charge in [-0.25, -0.2) is 0 Å². The van der Waals surface area contributed by atoms with Crippen LogP contribution in [0.5, 0.6) is 0 Å². The fourth-order valence-corrected chi connectivity index (χ4v) is 9.18. The summed E-state index contributed by atoms with van der Waals surface area (Å²) < 4.78 is 14.5. The van der Waals surface area contributed by atoms with Gasteiger partial charge in [0.1, 0.15) is 0 Å². The Morgan fingerprint density at radius 3 is 2.24 bits per heavy atom. The van der Waals surface area contributed by atoms with E-state index in [0.717, 1.165) is 12.8 Å². The first-order valence-electron chi connectivity index (χ1n) is 11.4. The number of fused-ring (bicyclic) bond motifs is 5. The van der Waals surface area contributed by atoms with Crippen molar-refractivity contribution < 1.29 is 9.47 Å². The van der Waals surface area contributed by atoms with Gasteiger partial charge in [-0.1, -0.05) is 30.3 Å². The maximum atomic E-state index is 6.56. The van der Waals surface area contributed by atoms with Crippen LogP contribution in [0.25, 0.3) is 31.0 Å². The second-order valence-electron chi connectivity index (χ2n) is 8.62. The van der Waals surface area contributed by atoms with E-state index in [1.807, 2.05) is 34.0 Å². The van der Waals surface area contributed by atoms with Gasteiger partial charge in [0.2, 0.25) is 5.79 Å². The lowest BCUT2D eigenvalue weighted by Crippen LogP contribution is -2.41. The molecule has 0 bridgehead atoms. The Morgan fingerprint density at radius 2 is 1.50 bits per heavy atom. The topological polar surface area (TPSA) is 18.5 Å². The first-order valence-corrected chi connectivity index (χ1v) is 15.1. The molecular formula is C28H22O2S4. The zero-order valence-electron chi connectivity index (χ0n) is 18.6. The maximum Gasteiger partial charge on any atom is 0.241 e. The van der Waals surface area contributed by atoms with Crippen LogP contribution in [0.2, 0.25) is 0 Å². The van der Waals surface area contributed by atoms with E-state index in [1.54, 1.807) is 11.8 Å². The minimum Gasteiger partial charge on any atom is -0.341 e. The van der Waals surface area contributed by atoms with Crippen molar-refractivity contribution in [3.05, 3.63) is 86.9 Å². The average Bonchev–Trinajstić information content (AvgIpc) is 3.61. The highest BCUT2D eigenvalue weighted by Gasteiger charge is 2.47. The zero-order chi connectivity index (χ0) is 22.7. The van der Waals surface area contributed by atoms with Crippen LogP contribution in [0, 0.1) is 0 Å². The number of hydrogen-bond donors (Lipinski definition) is 0. The molecule has 1 unspecified atom stereocenters. The smallest absolute Gasteiger partial charge is 0.241 e. The molecule has 170 valence electrons. The van der Waals surface area contributed by atoms with E-state index < -0.39 is 5.79 Å². The highest BCUT2D eigenvalue weighted by Crippen LogP contribution is 2.53. The number of thiophene rings is 3. The molecule has 0 aliphatic carbocycles. The predicted molar refractivity (Wildman–Crippen MR) is 147 cm³/mol. The summed E-state index contributed by atoms with van der Waals surface area (Å²) in [7, 11) is 0. The minimum absolute atomic E-state index is 0.683. The SMILES string of the molecule is CSc1ccc(-c2cc3c(s2)C2(OCC3)OCCc3cc(-c4csc5ccccc45)sc32)cc1. The molecule has 6 heteroatoms. The van der Waals surface area contributed by atoms with Crippen LogP contribution < -0.4 is 0 Å². The van der Waals surface area contributed by atoms with Crippen molar-refractivity contribution in [2.45, 2.75) is 23.5 Å². The summed E-state index contributed by atoms with van der Waals surface area (Å²) in [5.74, 6) is -0.766. The number of benzene rings is 2. The normalized spacial score (nSPS) is 19.4. The van der Waals surface area contributed by atoms with E-state index in [1.165, 1.54) is 56.7 Å². The molecule has 1 spiro atoms. The molecule has 0 saturated carbocycles. The van der Waals surface area contributed by atoms with Gasteiger partial charge in [-0.3, -0.25) is 0 Å². The molecule has 0 radical (unpaired) electrons. The molecule has 3 aromatic heterocycles. The molecule has 5 aromatic rings. The zero-order valence-corrected chi connectivity index (χ0v) is 21.9. The molecule has 1 atom stereocenters. The quantitative estimate of drug-likeness (QED) is 0.223. The molecule has 0 saturated heterocycles. The van der Waals surface area contributed by atoms with Gasteiger partial charge >= 0.3 is 0 Å². The predicted octanol–water partition coefficient (Wildman–Crippen LogP) is 8.43. The van der Waals surface area contributed by atoms with Crippen molar-refractivity contribution in [3.8, 4) is 20.9 Å². The van der Waals surface area contributed by atoms with Gasteiger partial charge in [-0.15, -0.1) is 45.8 Å². The molecule has 0 N–H and O–H groups in total. The van der Waals surface area contributed by atoms with Crippen molar-refractivity contribution >= 4 is 55.9 Å². The lowest BCUT2D eigenvalue weighted by molar-refractivity contribution is -0.225. The van der Waals surface area contributed by atoms with Crippen LogP contribution in [0.15, 0.2) is 70.9 Å². The van der Waals surface area contributed by atoms with Crippen molar-refractivity contribution in [1.29, 1.82) is 0 Å². The minimum atomic E-state index is -0.766. The average molecular weight is 519 g/mol. The third kappa shape index (κ3) is 3.28. The van der Waals surface area contributed by atoms with E-state index in [2.05, 4.69) is 72.3 Å². The van der Waals surface area contributed by atoms with E-state index >= 15 is 0 Å². The molecule has 2 aliphatic heterocycles. The van der Waals surface area contributed by atoms with Crippen LogP contribution in [-0.4, -0.2) is 19.5 Å². The molecule has 7 rings (SSSR count). The summed E-state index contributed by atoms with van der Waals surface area (Å²) in [6.45, 7) is 1.37.